The van der Waals surface area contributed by atoms with Gasteiger partial charge in [-0.05, 0) is 31.2 Å². The average Bonchev–Trinajstić information content (AvgIpc) is 3.07. The topological polar surface area (TPSA) is 57.5 Å². The lowest BCUT2D eigenvalue weighted by Crippen LogP contribution is -2.48. The molecule has 0 saturated carbocycles. The van der Waals surface area contributed by atoms with Crippen LogP contribution in [0.15, 0.2) is 35.3 Å². The second-order valence-corrected chi connectivity index (χ2v) is 7.81. The van der Waals surface area contributed by atoms with E-state index in [2.05, 4.69) is 69.8 Å². The summed E-state index contributed by atoms with van der Waals surface area (Å²) in [6.07, 6.45) is 4.23. The maximum absolute atomic E-state index is 4.67. The number of hydrogen-bond acceptors (Lipinski definition) is 3. The predicted molar refractivity (Wildman–Crippen MR) is 120 cm³/mol. The summed E-state index contributed by atoms with van der Waals surface area (Å²) in [4.78, 5) is 7.00. The Morgan fingerprint density at radius 1 is 1.14 bits per heavy atom. The predicted octanol–water partition coefficient (Wildman–Crippen LogP) is 2.87. The first kappa shape index (κ1) is 21.4. The lowest BCUT2D eigenvalue weighted by molar-refractivity contribution is 0.198. The molecule has 0 unspecified atom stereocenters. The molecule has 0 radical (unpaired) electrons. The Hall–Kier alpha value is -2.34. The first-order valence-corrected chi connectivity index (χ1v) is 10.9. The molecule has 1 saturated heterocycles. The summed E-state index contributed by atoms with van der Waals surface area (Å²) < 4.78 is 2.02. The fraction of sp³-hybridized carbons (Fsp3) is 0.565. The van der Waals surface area contributed by atoms with Crippen LogP contribution in [0, 0.1) is 0 Å². The van der Waals surface area contributed by atoms with E-state index in [1.165, 1.54) is 22.5 Å². The third-order valence-corrected chi connectivity index (χ3v) is 5.86. The highest BCUT2D eigenvalue weighted by Crippen LogP contribution is 2.16. The molecule has 3 rings (SSSR count). The highest BCUT2D eigenvalue weighted by atomic mass is 15.3. The Kier molecular flexibility index (Phi) is 7.69. The standard InChI is InChI=1S/C23H36N6/c1-5-21-20(22(6-2)28(4)27-21)16-25-23(24-3)26-19-12-14-29(15-13-19)17-18-10-8-7-9-11-18/h7-11,19H,5-6,12-17H2,1-4H3,(H2,24,25,26). The molecule has 0 bridgehead atoms. The van der Waals surface area contributed by atoms with Crippen LogP contribution in [0.2, 0.25) is 0 Å². The van der Waals surface area contributed by atoms with E-state index in [4.69, 9.17) is 0 Å². The van der Waals surface area contributed by atoms with Crippen molar-refractivity contribution in [3.05, 3.63) is 52.8 Å². The van der Waals surface area contributed by atoms with Gasteiger partial charge < -0.3 is 10.6 Å². The normalized spacial score (nSPS) is 16.2. The number of nitrogens with zero attached hydrogens (tertiary/aromatic N) is 4. The van der Waals surface area contributed by atoms with Gasteiger partial charge in [-0.3, -0.25) is 14.6 Å². The molecule has 6 heteroatoms. The Labute approximate surface area is 175 Å². The van der Waals surface area contributed by atoms with Crippen molar-refractivity contribution < 1.29 is 0 Å². The van der Waals surface area contributed by atoms with E-state index in [-0.39, 0.29) is 0 Å². The van der Waals surface area contributed by atoms with Crippen molar-refractivity contribution in [2.24, 2.45) is 12.0 Å². The van der Waals surface area contributed by atoms with Crippen molar-refractivity contribution in [3.63, 3.8) is 0 Å². The number of piperidine rings is 1. The van der Waals surface area contributed by atoms with Crippen molar-refractivity contribution in [1.82, 2.24) is 25.3 Å². The Balaban J connectivity index is 1.49. The maximum Gasteiger partial charge on any atom is 0.191 e. The first-order chi connectivity index (χ1) is 14.1. The van der Waals surface area contributed by atoms with Gasteiger partial charge in [0.15, 0.2) is 5.96 Å². The molecule has 0 aliphatic carbocycles. The minimum atomic E-state index is 0.471. The Bertz CT molecular complexity index is 787. The molecule has 2 N–H and O–H groups in total. The summed E-state index contributed by atoms with van der Waals surface area (Å²) >= 11 is 0. The number of aliphatic imine (C=N–C) groups is 1. The van der Waals surface area contributed by atoms with Crippen molar-refractivity contribution >= 4 is 5.96 Å². The molecule has 158 valence electrons. The van der Waals surface area contributed by atoms with Gasteiger partial charge in [0.2, 0.25) is 0 Å². The first-order valence-electron chi connectivity index (χ1n) is 10.9. The fourth-order valence-electron chi connectivity index (χ4n) is 4.23. The molecular formula is C23H36N6. The number of aromatic nitrogens is 2. The largest absolute Gasteiger partial charge is 0.354 e. The van der Waals surface area contributed by atoms with Gasteiger partial charge in [0, 0.05) is 57.6 Å². The number of hydrogen-bond donors (Lipinski definition) is 2. The molecule has 0 spiro atoms. The number of rotatable bonds is 7. The zero-order valence-corrected chi connectivity index (χ0v) is 18.4. The molecule has 6 nitrogen and oxygen atoms in total. The zero-order chi connectivity index (χ0) is 20.6. The molecule has 29 heavy (non-hydrogen) atoms. The fourth-order valence-corrected chi connectivity index (χ4v) is 4.23. The lowest BCUT2D eigenvalue weighted by atomic mass is 10.0. The van der Waals surface area contributed by atoms with Crippen LogP contribution in [-0.4, -0.2) is 46.8 Å². The minimum Gasteiger partial charge on any atom is -0.354 e. The monoisotopic (exact) mass is 396 g/mol. The number of guanidine groups is 1. The van der Waals surface area contributed by atoms with Gasteiger partial charge in [0.05, 0.1) is 5.69 Å². The Morgan fingerprint density at radius 3 is 2.48 bits per heavy atom. The quantitative estimate of drug-likeness (QED) is 0.558. The third-order valence-electron chi connectivity index (χ3n) is 5.86. The molecular weight excluding hydrogens is 360 g/mol. The van der Waals surface area contributed by atoms with Crippen LogP contribution < -0.4 is 10.6 Å². The molecule has 1 aromatic carbocycles. The van der Waals surface area contributed by atoms with E-state index >= 15 is 0 Å². The Morgan fingerprint density at radius 2 is 1.86 bits per heavy atom. The van der Waals surface area contributed by atoms with Gasteiger partial charge >= 0.3 is 0 Å². The molecule has 0 atom stereocenters. The maximum atomic E-state index is 4.67. The average molecular weight is 397 g/mol. The van der Waals surface area contributed by atoms with Gasteiger partial charge in [0.1, 0.15) is 0 Å². The zero-order valence-electron chi connectivity index (χ0n) is 18.4. The second kappa shape index (κ2) is 10.4. The minimum absolute atomic E-state index is 0.471. The van der Waals surface area contributed by atoms with Crippen LogP contribution in [0.1, 0.15) is 49.2 Å². The van der Waals surface area contributed by atoms with Crippen LogP contribution >= 0.6 is 0 Å². The summed E-state index contributed by atoms with van der Waals surface area (Å²) in [5.74, 6) is 0.888. The molecule has 1 aliphatic rings. The number of nitrogens with one attached hydrogen (secondary N) is 2. The summed E-state index contributed by atoms with van der Waals surface area (Å²) in [6, 6.07) is 11.2. The van der Waals surface area contributed by atoms with Gasteiger partial charge in [0.25, 0.3) is 0 Å². The smallest absolute Gasteiger partial charge is 0.191 e. The van der Waals surface area contributed by atoms with Crippen LogP contribution in [0.3, 0.4) is 0 Å². The molecule has 2 heterocycles. The summed E-state index contributed by atoms with van der Waals surface area (Å²) in [5, 5.41) is 11.8. The third kappa shape index (κ3) is 5.60. The van der Waals surface area contributed by atoms with E-state index in [1.807, 2.05) is 18.8 Å². The van der Waals surface area contributed by atoms with Gasteiger partial charge in [-0.2, -0.15) is 5.10 Å². The number of benzene rings is 1. The number of likely N-dealkylation sites (tertiary alicyclic amines) is 1. The van der Waals surface area contributed by atoms with E-state index < -0.39 is 0 Å². The summed E-state index contributed by atoms with van der Waals surface area (Å²) in [6.45, 7) is 8.41. The molecule has 1 fully saturated rings. The number of aryl methyl sites for hydroxylation is 2. The van der Waals surface area contributed by atoms with Gasteiger partial charge in [-0.1, -0.05) is 44.2 Å². The van der Waals surface area contributed by atoms with Gasteiger partial charge in [-0.15, -0.1) is 0 Å². The molecule has 2 aromatic rings. The van der Waals surface area contributed by atoms with Gasteiger partial charge in [-0.25, -0.2) is 0 Å². The van der Waals surface area contributed by atoms with Crippen molar-refractivity contribution in [1.29, 1.82) is 0 Å². The van der Waals surface area contributed by atoms with Crippen molar-refractivity contribution in [2.75, 3.05) is 20.1 Å². The molecule has 1 aliphatic heterocycles. The van der Waals surface area contributed by atoms with E-state index in [1.54, 1.807) is 0 Å². The molecule has 0 amide bonds. The van der Waals surface area contributed by atoms with Crippen LogP contribution in [0.25, 0.3) is 0 Å². The summed E-state index contributed by atoms with van der Waals surface area (Å²) in [5.41, 5.74) is 5.20. The van der Waals surface area contributed by atoms with Crippen molar-refractivity contribution in [2.45, 2.75) is 58.7 Å². The van der Waals surface area contributed by atoms with Crippen LogP contribution in [0.4, 0.5) is 0 Å². The second-order valence-electron chi connectivity index (χ2n) is 7.81. The summed E-state index contributed by atoms with van der Waals surface area (Å²) in [7, 11) is 3.89. The highest BCUT2D eigenvalue weighted by Gasteiger charge is 2.20. The van der Waals surface area contributed by atoms with E-state index in [9.17, 15) is 0 Å². The molecule has 1 aromatic heterocycles. The van der Waals surface area contributed by atoms with Crippen LogP contribution in [-0.2, 0) is 33.0 Å². The SMILES string of the molecule is CCc1nn(C)c(CC)c1CNC(=NC)NC1CCN(Cc2ccccc2)CC1. The van der Waals surface area contributed by atoms with Crippen molar-refractivity contribution in [3.8, 4) is 0 Å². The van der Waals surface area contributed by atoms with Crippen LogP contribution in [0.5, 0.6) is 0 Å². The van der Waals surface area contributed by atoms with E-state index in [0.717, 1.165) is 57.8 Å². The lowest BCUT2D eigenvalue weighted by Gasteiger charge is -2.33. The highest BCUT2D eigenvalue weighted by molar-refractivity contribution is 5.80. The van der Waals surface area contributed by atoms with E-state index in [0.29, 0.717) is 6.04 Å².